The largest absolute Gasteiger partial charge is 0.473 e. The Morgan fingerprint density at radius 2 is 2.55 bits per heavy atom. The summed E-state index contributed by atoms with van der Waals surface area (Å²) in [6.07, 6.45) is 1.50. The molecule has 0 saturated heterocycles. The second-order valence-corrected chi connectivity index (χ2v) is 1.81. The lowest BCUT2D eigenvalue weighted by molar-refractivity contribution is 0.362. The van der Waals surface area contributed by atoms with Crippen molar-refractivity contribution in [3.63, 3.8) is 0 Å². The minimum Gasteiger partial charge on any atom is -0.473 e. The molecule has 1 aromatic rings. The van der Waals surface area contributed by atoms with Crippen molar-refractivity contribution in [2.24, 2.45) is 0 Å². The first-order valence-electron chi connectivity index (χ1n) is 3.02. The van der Waals surface area contributed by atoms with Crippen LogP contribution in [0.2, 0.25) is 0 Å². The van der Waals surface area contributed by atoms with Gasteiger partial charge in [-0.2, -0.15) is 5.26 Å². The molecule has 0 aliphatic carbocycles. The number of aromatic amines is 1. The number of ether oxygens (including phenoxy) is 1. The topological polar surface area (TPSA) is 65.9 Å². The van der Waals surface area contributed by atoms with E-state index in [0.717, 1.165) is 0 Å². The molecule has 0 spiro atoms. The molecule has 0 aliphatic heterocycles. The van der Waals surface area contributed by atoms with Gasteiger partial charge in [-0.25, -0.2) is 0 Å². The third-order valence-electron chi connectivity index (χ3n) is 1.07. The van der Waals surface area contributed by atoms with Crippen LogP contribution >= 0.6 is 0 Å². The molecule has 1 aromatic heterocycles. The molecule has 0 radical (unpaired) electrons. The van der Waals surface area contributed by atoms with Crippen molar-refractivity contribution < 1.29 is 4.74 Å². The number of nitrogens with one attached hydrogen (secondary N) is 1. The third kappa shape index (κ3) is 1.83. The fourth-order valence-corrected chi connectivity index (χ4v) is 0.630. The number of hydrogen-bond donors (Lipinski definition) is 1. The molecule has 11 heavy (non-hydrogen) atoms. The third-order valence-corrected chi connectivity index (χ3v) is 1.07. The van der Waals surface area contributed by atoms with E-state index in [0.29, 0.717) is 0 Å². The minimum atomic E-state index is -0.317. The lowest BCUT2D eigenvalue weighted by atomic mass is 10.4. The van der Waals surface area contributed by atoms with Gasteiger partial charge in [-0.3, -0.25) is 4.79 Å². The molecular formula is C7H6N2O2. The van der Waals surface area contributed by atoms with Crippen LogP contribution in [0.1, 0.15) is 0 Å². The Kier molecular flexibility index (Phi) is 2.28. The van der Waals surface area contributed by atoms with E-state index in [2.05, 4.69) is 4.98 Å². The number of nitrogens with zero attached hydrogens (tertiary/aromatic N) is 1. The second-order valence-electron chi connectivity index (χ2n) is 1.81. The quantitative estimate of drug-likeness (QED) is 0.658. The Labute approximate surface area is 63.0 Å². The van der Waals surface area contributed by atoms with Gasteiger partial charge in [0.2, 0.25) is 0 Å². The zero-order chi connectivity index (χ0) is 8.10. The molecule has 4 nitrogen and oxygen atoms in total. The summed E-state index contributed by atoms with van der Waals surface area (Å²) in [4.78, 5) is 13.3. The summed E-state index contributed by atoms with van der Waals surface area (Å²) in [7, 11) is 0. The molecule has 0 saturated carbocycles. The highest BCUT2D eigenvalue weighted by Crippen LogP contribution is 1.97. The van der Waals surface area contributed by atoms with E-state index in [1.54, 1.807) is 12.1 Å². The molecule has 0 bridgehead atoms. The van der Waals surface area contributed by atoms with Crippen LogP contribution in [0.3, 0.4) is 0 Å². The second kappa shape index (κ2) is 3.42. The van der Waals surface area contributed by atoms with Crippen LogP contribution in [0, 0.1) is 11.3 Å². The van der Waals surface area contributed by atoms with Gasteiger partial charge in [-0.15, -0.1) is 0 Å². The first kappa shape index (κ1) is 7.35. The van der Waals surface area contributed by atoms with Gasteiger partial charge in [0.25, 0.3) is 5.56 Å². The molecule has 0 atom stereocenters. The maximum Gasteiger partial charge on any atom is 0.290 e. The SMILES string of the molecule is N#CCOc1ccc[nH]c1=O. The first-order chi connectivity index (χ1) is 5.34. The predicted molar refractivity (Wildman–Crippen MR) is 38.2 cm³/mol. The molecule has 0 aromatic carbocycles. The molecule has 4 heteroatoms. The summed E-state index contributed by atoms with van der Waals surface area (Å²) >= 11 is 0. The van der Waals surface area contributed by atoms with Crippen molar-refractivity contribution in [1.29, 1.82) is 5.26 Å². The predicted octanol–water partition coefficient (Wildman–Crippen LogP) is 0.277. The van der Waals surface area contributed by atoms with Gasteiger partial charge in [0.15, 0.2) is 12.4 Å². The lowest BCUT2D eigenvalue weighted by Crippen LogP contribution is -2.09. The summed E-state index contributed by atoms with van der Waals surface area (Å²) in [6.45, 7) is -0.104. The fourth-order valence-electron chi connectivity index (χ4n) is 0.630. The molecular weight excluding hydrogens is 144 g/mol. The van der Waals surface area contributed by atoms with Gasteiger partial charge in [0.05, 0.1) is 0 Å². The number of pyridine rings is 1. The van der Waals surface area contributed by atoms with Crippen LogP contribution in [0.4, 0.5) is 0 Å². The maximum atomic E-state index is 10.8. The molecule has 0 unspecified atom stereocenters. The van der Waals surface area contributed by atoms with Crippen LogP contribution in [-0.4, -0.2) is 11.6 Å². The molecule has 1 heterocycles. The van der Waals surface area contributed by atoms with Gasteiger partial charge >= 0.3 is 0 Å². The van der Waals surface area contributed by atoms with E-state index in [9.17, 15) is 4.79 Å². The molecule has 0 aliphatic rings. The Morgan fingerprint density at radius 1 is 1.73 bits per heavy atom. The average Bonchev–Trinajstić information content (AvgIpc) is 2.03. The summed E-state index contributed by atoms with van der Waals surface area (Å²) in [6, 6.07) is 4.91. The molecule has 1 N–H and O–H groups in total. The summed E-state index contributed by atoms with van der Waals surface area (Å²) in [5, 5.41) is 8.13. The summed E-state index contributed by atoms with van der Waals surface area (Å²) < 4.78 is 4.78. The van der Waals surface area contributed by atoms with Gasteiger partial charge in [-0.1, -0.05) is 0 Å². The standard InChI is InChI=1S/C7H6N2O2/c8-3-5-11-6-2-1-4-9-7(6)10/h1-2,4H,5H2,(H,9,10). The van der Waals surface area contributed by atoms with E-state index in [1.807, 2.05) is 0 Å². The van der Waals surface area contributed by atoms with Crippen molar-refractivity contribution in [3.8, 4) is 11.8 Å². The van der Waals surface area contributed by atoms with Crippen LogP contribution in [0.5, 0.6) is 5.75 Å². The average molecular weight is 150 g/mol. The summed E-state index contributed by atoms with van der Waals surface area (Å²) in [5.41, 5.74) is -0.317. The highest BCUT2D eigenvalue weighted by atomic mass is 16.5. The van der Waals surface area contributed by atoms with E-state index < -0.39 is 0 Å². The van der Waals surface area contributed by atoms with Crippen LogP contribution in [0.25, 0.3) is 0 Å². The number of H-pyrrole nitrogens is 1. The Morgan fingerprint density at radius 3 is 3.18 bits per heavy atom. The van der Waals surface area contributed by atoms with Crippen molar-refractivity contribution in [2.75, 3.05) is 6.61 Å². The Bertz CT molecular complexity index is 324. The van der Waals surface area contributed by atoms with E-state index in [1.165, 1.54) is 12.3 Å². The molecule has 0 amide bonds. The van der Waals surface area contributed by atoms with Crippen molar-refractivity contribution in [3.05, 3.63) is 28.7 Å². The first-order valence-corrected chi connectivity index (χ1v) is 3.02. The zero-order valence-electron chi connectivity index (χ0n) is 5.70. The van der Waals surface area contributed by atoms with Gasteiger partial charge < -0.3 is 9.72 Å². The van der Waals surface area contributed by atoms with E-state index >= 15 is 0 Å². The normalized spacial score (nSPS) is 8.64. The van der Waals surface area contributed by atoms with Crippen LogP contribution in [0.15, 0.2) is 23.1 Å². The smallest absolute Gasteiger partial charge is 0.290 e. The Hall–Kier alpha value is -1.76. The zero-order valence-corrected chi connectivity index (χ0v) is 5.70. The highest BCUT2D eigenvalue weighted by Gasteiger charge is 1.95. The van der Waals surface area contributed by atoms with Crippen molar-refractivity contribution in [2.45, 2.75) is 0 Å². The molecule has 0 fully saturated rings. The van der Waals surface area contributed by atoms with Crippen LogP contribution < -0.4 is 10.3 Å². The fraction of sp³-hybridized carbons (Fsp3) is 0.143. The minimum absolute atomic E-state index is 0.104. The van der Waals surface area contributed by atoms with Gasteiger partial charge in [0, 0.05) is 6.20 Å². The monoisotopic (exact) mass is 150 g/mol. The lowest BCUT2D eigenvalue weighted by Gasteiger charge is -1.96. The number of nitriles is 1. The number of aromatic nitrogens is 1. The van der Waals surface area contributed by atoms with E-state index in [-0.39, 0.29) is 17.9 Å². The van der Waals surface area contributed by atoms with Crippen LogP contribution in [-0.2, 0) is 0 Å². The maximum absolute atomic E-state index is 10.8. The van der Waals surface area contributed by atoms with Crippen molar-refractivity contribution in [1.82, 2.24) is 4.98 Å². The molecule has 56 valence electrons. The molecule has 1 rings (SSSR count). The Balaban J connectivity index is 2.80. The summed E-state index contributed by atoms with van der Waals surface area (Å²) in [5.74, 6) is 0.175. The van der Waals surface area contributed by atoms with E-state index in [4.69, 9.17) is 10.00 Å². The van der Waals surface area contributed by atoms with Gasteiger partial charge in [-0.05, 0) is 12.1 Å². The van der Waals surface area contributed by atoms with Gasteiger partial charge in [0.1, 0.15) is 6.07 Å². The van der Waals surface area contributed by atoms with Crippen molar-refractivity contribution >= 4 is 0 Å². The number of hydrogen-bond acceptors (Lipinski definition) is 3. The number of rotatable bonds is 2. The highest BCUT2D eigenvalue weighted by molar-refractivity contribution is 5.16.